The Labute approximate surface area is 121 Å². The Bertz CT molecular complexity index is 790. The van der Waals surface area contributed by atoms with Gasteiger partial charge >= 0.3 is 6.69 Å². The topological polar surface area (TPSA) is 59.9 Å². The smallest absolute Gasteiger partial charge is 0.507 e. The molecular formula is C15H12BN2O3-. The average molecular weight is 279 g/mol. The van der Waals surface area contributed by atoms with E-state index in [2.05, 4.69) is 10.2 Å². The van der Waals surface area contributed by atoms with E-state index in [1.54, 1.807) is 18.2 Å². The molecule has 0 aromatic heterocycles. The van der Waals surface area contributed by atoms with Gasteiger partial charge in [0, 0.05) is 5.69 Å². The van der Waals surface area contributed by atoms with Crippen molar-refractivity contribution in [2.45, 2.75) is 6.92 Å². The van der Waals surface area contributed by atoms with Crippen LogP contribution in [0.2, 0.25) is 0 Å². The number of para-hydroxylation sites is 2. The molecule has 2 aliphatic rings. The minimum Gasteiger partial charge on any atom is -0.660 e. The van der Waals surface area contributed by atoms with Crippen molar-refractivity contribution < 1.29 is 14.1 Å². The van der Waals surface area contributed by atoms with Crippen LogP contribution in [-0.2, 0) is 4.65 Å². The molecule has 2 aromatic carbocycles. The molecule has 104 valence electrons. The van der Waals surface area contributed by atoms with Crippen LogP contribution in [0.15, 0.2) is 53.4 Å². The van der Waals surface area contributed by atoms with Crippen molar-refractivity contribution in [1.29, 1.82) is 0 Å². The van der Waals surface area contributed by atoms with E-state index in [0.29, 0.717) is 17.1 Å². The van der Waals surface area contributed by atoms with Gasteiger partial charge in [-0.2, -0.15) is 0 Å². The second kappa shape index (κ2) is 4.12. The minimum atomic E-state index is -2.23. The first-order valence-electron chi connectivity index (χ1n) is 6.76. The number of carbonyl (C=O) groups is 1. The summed E-state index contributed by atoms with van der Waals surface area (Å²) in [6, 6.07) is 14.6. The summed E-state index contributed by atoms with van der Waals surface area (Å²) in [4.78, 5) is 16.8. The van der Waals surface area contributed by atoms with Gasteiger partial charge in [-0.25, -0.2) is 0 Å². The van der Waals surface area contributed by atoms with Crippen LogP contribution in [0, 0.1) is 0 Å². The molecule has 0 fully saturated rings. The van der Waals surface area contributed by atoms with Gasteiger partial charge in [0.25, 0.3) is 5.97 Å². The molecular weight excluding hydrogens is 267 g/mol. The van der Waals surface area contributed by atoms with Crippen molar-refractivity contribution in [1.82, 2.24) is 0 Å². The van der Waals surface area contributed by atoms with Gasteiger partial charge in [0.15, 0.2) is 0 Å². The largest absolute Gasteiger partial charge is 0.660 e. The lowest BCUT2D eigenvalue weighted by Gasteiger charge is -2.46. The van der Waals surface area contributed by atoms with Gasteiger partial charge in [-0.05, 0) is 25.1 Å². The summed E-state index contributed by atoms with van der Waals surface area (Å²) in [7, 11) is 0. The molecule has 1 spiro atoms. The maximum Gasteiger partial charge on any atom is 0.507 e. The number of rotatable bonds is 0. The van der Waals surface area contributed by atoms with Crippen LogP contribution >= 0.6 is 0 Å². The molecule has 21 heavy (non-hydrogen) atoms. The molecule has 0 saturated carbocycles. The number of amidine groups is 1. The van der Waals surface area contributed by atoms with E-state index in [4.69, 9.17) is 9.31 Å². The zero-order valence-corrected chi connectivity index (χ0v) is 11.4. The first kappa shape index (κ1) is 12.0. The quantitative estimate of drug-likeness (QED) is 0.748. The number of nitrogens with one attached hydrogen (secondary N) is 1. The highest BCUT2D eigenvalue weighted by Crippen LogP contribution is 2.32. The molecule has 2 aromatic rings. The second-order valence-electron chi connectivity index (χ2n) is 5.12. The summed E-state index contributed by atoms with van der Waals surface area (Å²) < 4.78 is 11.6. The monoisotopic (exact) mass is 279 g/mol. The molecule has 0 unspecified atom stereocenters. The summed E-state index contributed by atoms with van der Waals surface area (Å²) in [5, 5.41) is 3.16. The van der Waals surface area contributed by atoms with Crippen LogP contribution in [0.3, 0.4) is 0 Å². The molecule has 0 aliphatic carbocycles. The van der Waals surface area contributed by atoms with Gasteiger partial charge in [-0.15, -0.1) is 0 Å². The van der Waals surface area contributed by atoms with Gasteiger partial charge in [0.1, 0.15) is 0 Å². The summed E-state index contributed by atoms with van der Waals surface area (Å²) in [6.45, 7) is -0.416. The fraction of sp³-hybridized carbons (Fsp3) is 0.0667. The van der Waals surface area contributed by atoms with Gasteiger partial charge in [-0.3, -0.25) is 4.79 Å². The predicted molar refractivity (Wildman–Crippen MR) is 81.0 cm³/mol. The van der Waals surface area contributed by atoms with E-state index in [-0.39, 0.29) is 0 Å². The van der Waals surface area contributed by atoms with Crippen molar-refractivity contribution in [2.75, 3.05) is 5.32 Å². The van der Waals surface area contributed by atoms with Crippen LogP contribution in [-0.4, -0.2) is 18.5 Å². The molecule has 4 rings (SSSR count). The normalized spacial score (nSPS) is 22.3. The van der Waals surface area contributed by atoms with E-state index in [9.17, 15) is 4.79 Å². The lowest BCUT2D eigenvalue weighted by Crippen LogP contribution is -2.61. The summed E-state index contributed by atoms with van der Waals surface area (Å²) >= 11 is 0. The summed E-state index contributed by atoms with van der Waals surface area (Å²) in [5.41, 5.74) is 2.01. The molecule has 0 bridgehead atoms. The number of carbonyl (C=O) groups excluding carboxylic acids is 1. The highest BCUT2D eigenvalue weighted by Gasteiger charge is 2.43. The van der Waals surface area contributed by atoms with E-state index < -0.39 is 12.7 Å². The van der Waals surface area contributed by atoms with Crippen molar-refractivity contribution >= 4 is 29.6 Å². The van der Waals surface area contributed by atoms with Crippen molar-refractivity contribution in [3.63, 3.8) is 0 Å². The maximum atomic E-state index is 12.3. The molecule has 5 nitrogen and oxygen atoms in total. The van der Waals surface area contributed by atoms with Crippen molar-refractivity contribution in [2.24, 2.45) is 4.90 Å². The van der Waals surface area contributed by atoms with Gasteiger partial charge < -0.3 is 19.5 Å². The van der Waals surface area contributed by atoms with Crippen LogP contribution in [0.25, 0.3) is 0 Å². The molecule has 0 amide bonds. The Morgan fingerprint density at radius 1 is 1.05 bits per heavy atom. The molecule has 1 N–H and O–H groups in total. The standard InChI is InChI=1S/C15H12BN2O3/c1-10-17-13-8-4-3-7-12(13)16(18-10)20-14-9-5-2-6-11(14)15(19)21-16/h2-9H,1H3,(H,17,18)/q-1/t16-/m1/s1. The molecule has 2 heterocycles. The third-order valence-electron chi connectivity index (χ3n) is 3.69. The Balaban J connectivity index is 1.92. The Morgan fingerprint density at radius 2 is 1.81 bits per heavy atom. The number of anilines is 1. The van der Waals surface area contributed by atoms with Crippen molar-refractivity contribution in [3.8, 4) is 5.75 Å². The lowest BCUT2D eigenvalue weighted by molar-refractivity contribution is 0.0664. The number of benzene rings is 2. The highest BCUT2D eigenvalue weighted by molar-refractivity contribution is 6.85. The van der Waals surface area contributed by atoms with Crippen LogP contribution < -0.4 is 15.4 Å². The number of hydrogen-bond donors (Lipinski definition) is 1. The summed E-state index contributed by atoms with van der Waals surface area (Å²) in [6.07, 6.45) is 0. The third kappa shape index (κ3) is 1.72. The van der Waals surface area contributed by atoms with Crippen LogP contribution in [0.4, 0.5) is 5.69 Å². The second-order valence-corrected chi connectivity index (χ2v) is 5.12. The Hall–Kier alpha value is -2.76. The van der Waals surface area contributed by atoms with Gasteiger partial charge in [-0.1, -0.05) is 35.8 Å². The van der Waals surface area contributed by atoms with Crippen LogP contribution in [0.5, 0.6) is 5.75 Å². The first-order valence-corrected chi connectivity index (χ1v) is 6.76. The van der Waals surface area contributed by atoms with E-state index in [0.717, 1.165) is 11.2 Å². The number of nitrogens with zero attached hydrogens (tertiary/aromatic N) is 1. The molecule has 0 saturated heterocycles. The van der Waals surface area contributed by atoms with E-state index in [1.807, 2.05) is 37.3 Å². The number of hydrogen-bond acceptors (Lipinski definition) is 5. The minimum absolute atomic E-state index is 0.412. The van der Waals surface area contributed by atoms with E-state index >= 15 is 0 Å². The SMILES string of the molecule is CC1=N[B@-]2(OC(=O)c3ccccc3O2)c2ccccc2N1. The zero-order valence-electron chi connectivity index (χ0n) is 11.4. The highest BCUT2D eigenvalue weighted by atomic mass is 16.7. The zero-order chi connectivity index (χ0) is 14.4. The Morgan fingerprint density at radius 3 is 2.71 bits per heavy atom. The third-order valence-corrected chi connectivity index (χ3v) is 3.69. The number of fused-ring (bicyclic) bond motifs is 3. The van der Waals surface area contributed by atoms with Gasteiger partial charge in [0.2, 0.25) is 0 Å². The van der Waals surface area contributed by atoms with E-state index in [1.165, 1.54) is 0 Å². The fourth-order valence-electron chi connectivity index (χ4n) is 2.80. The predicted octanol–water partition coefficient (Wildman–Crippen LogP) is 1.93. The van der Waals surface area contributed by atoms with Gasteiger partial charge in [0.05, 0.1) is 17.1 Å². The molecule has 6 heteroatoms. The molecule has 2 aliphatic heterocycles. The lowest BCUT2D eigenvalue weighted by atomic mass is 9.61. The molecule has 0 radical (unpaired) electrons. The first-order chi connectivity index (χ1) is 10.2. The van der Waals surface area contributed by atoms with Crippen molar-refractivity contribution in [3.05, 3.63) is 54.1 Å². The van der Waals surface area contributed by atoms with Crippen LogP contribution in [0.1, 0.15) is 17.3 Å². The molecule has 1 atom stereocenters. The average Bonchev–Trinajstić information content (AvgIpc) is 2.47. The maximum absolute atomic E-state index is 12.3. The summed E-state index contributed by atoms with van der Waals surface area (Å²) in [5.74, 6) is 0.744. The Kier molecular flexibility index (Phi) is 2.36. The fourth-order valence-corrected chi connectivity index (χ4v) is 2.80.